The number of hydrogen-bond donors (Lipinski definition) is 2. The van der Waals surface area contributed by atoms with Crippen molar-refractivity contribution in [3.05, 3.63) is 46.4 Å². The van der Waals surface area contributed by atoms with Gasteiger partial charge in [-0.3, -0.25) is 4.79 Å². The average molecular weight is 336 g/mol. The molecule has 1 aliphatic rings. The number of benzene rings is 2. The minimum Gasteiger partial charge on any atom is -0.388 e. The van der Waals surface area contributed by atoms with E-state index in [2.05, 4.69) is 15.9 Å². The van der Waals surface area contributed by atoms with E-state index in [-0.39, 0.29) is 19.0 Å². The normalized spacial score (nSPS) is 22.4. The quantitative estimate of drug-likeness (QED) is 0.835. The van der Waals surface area contributed by atoms with Gasteiger partial charge in [0.2, 0.25) is 0 Å². The monoisotopic (exact) mass is 335 g/mol. The van der Waals surface area contributed by atoms with Crippen LogP contribution < -0.4 is 0 Å². The summed E-state index contributed by atoms with van der Waals surface area (Å²) >= 11 is 3.42. The van der Waals surface area contributed by atoms with Crippen LogP contribution in [0, 0.1) is 0 Å². The highest BCUT2D eigenvalue weighted by molar-refractivity contribution is 9.10. The van der Waals surface area contributed by atoms with E-state index in [1.807, 2.05) is 30.3 Å². The summed E-state index contributed by atoms with van der Waals surface area (Å²) in [4.78, 5) is 13.8. The maximum Gasteiger partial charge on any atom is 0.254 e. The smallest absolute Gasteiger partial charge is 0.254 e. The van der Waals surface area contributed by atoms with Gasteiger partial charge >= 0.3 is 0 Å². The Balaban J connectivity index is 1.90. The molecule has 1 heterocycles. The number of rotatable bonds is 1. The number of halogens is 1. The van der Waals surface area contributed by atoms with Crippen molar-refractivity contribution in [2.45, 2.75) is 12.2 Å². The molecule has 0 bridgehead atoms. The summed E-state index contributed by atoms with van der Waals surface area (Å²) in [6, 6.07) is 11.4. The number of carbonyl (C=O) groups is 1. The molecule has 1 aliphatic heterocycles. The van der Waals surface area contributed by atoms with Crippen molar-refractivity contribution in [3.63, 3.8) is 0 Å². The Hall–Kier alpha value is -1.43. The molecule has 1 fully saturated rings. The van der Waals surface area contributed by atoms with Gasteiger partial charge in [0.1, 0.15) is 0 Å². The molecular weight excluding hydrogens is 322 g/mol. The first-order valence-electron chi connectivity index (χ1n) is 6.39. The molecule has 2 unspecified atom stereocenters. The predicted octanol–water partition coefficient (Wildman–Crippen LogP) is 1.78. The van der Waals surface area contributed by atoms with Crippen molar-refractivity contribution < 1.29 is 15.0 Å². The number of carbonyl (C=O) groups excluding carboxylic acids is 1. The van der Waals surface area contributed by atoms with Crippen molar-refractivity contribution in [3.8, 4) is 0 Å². The van der Waals surface area contributed by atoms with Crippen LogP contribution in [0.25, 0.3) is 10.8 Å². The van der Waals surface area contributed by atoms with Crippen LogP contribution in [0.15, 0.2) is 40.9 Å². The van der Waals surface area contributed by atoms with Crippen molar-refractivity contribution >= 4 is 32.6 Å². The first kappa shape index (κ1) is 13.5. The van der Waals surface area contributed by atoms with E-state index in [1.54, 1.807) is 6.07 Å². The third-order valence-electron chi connectivity index (χ3n) is 3.60. The molecule has 2 aromatic carbocycles. The van der Waals surface area contributed by atoms with Gasteiger partial charge in [0, 0.05) is 23.1 Å². The van der Waals surface area contributed by atoms with Crippen molar-refractivity contribution in [1.82, 2.24) is 4.90 Å². The van der Waals surface area contributed by atoms with Crippen LogP contribution in [0.3, 0.4) is 0 Å². The summed E-state index contributed by atoms with van der Waals surface area (Å²) in [6.07, 6.45) is -1.70. The summed E-state index contributed by atoms with van der Waals surface area (Å²) in [5, 5.41) is 21.1. The topological polar surface area (TPSA) is 60.8 Å². The molecule has 0 saturated carbocycles. The number of hydrogen-bond acceptors (Lipinski definition) is 3. The molecule has 5 heteroatoms. The average Bonchev–Trinajstić information content (AvgIpc) is 2.77. The fourth-order valence-corrected chi connectivity index (χ4v) is 2.85. The molecule has 104 valence electrons. The molecule has 20 heavy (non-hydrogen) atoms. The van der Waals surface area contributed by atoms with Gasteiger partial charge in [-0.15, -0.1) is 0 Å². The summed E-state index contributed by atoms with van der Waals surface area (Å²) in [6.45, 7) is 0.358. The van der Waals surface area contributed by atoms with E-state index < -0.39 is 12.2 Å². The van der Waals surface area contributed by atoms with E-state index in [4.69, 9.17) is 0 Å². The van der Waals surface area contributed by atoms with Gasteiger partial charge in [0.15, 0.2) is 0 Å². The van der Waals surface area contributed by atoms with Gasteiger partial charge in [-0.2, -0.15) is 0 Å². The molecule has 2 atom stereocenters. The molecule has 1 saturated heterocycles. The van der Waals surface area contributed by atoms with Crippen molar-refractivity contribution in [1.29, 1.82) is 0 Å². The van der Waals surface area contributed by atoms with Crippen LogP contribution in [0.5, 0.6) is 0 Å². The summed E-state index contributed by atoms with van der Waals surface area (Å²) in [5.41, 5.74) is 0.570. The molecule has 2 aromatic rings. The Kier molecular flexibility index (Phi) is 3.50. The highest BCUT2D eigenvalue weighted by Crippen LogP contribution is 2.22. The van der Waals surface area contributed by atoms with Gasteiger partial charge in [-0.25, -0.2) is 0 Å². The zero-order valence-corrected chi connectivity index (χ0v) is 12.2. The maximum atomic E-state index is 12.3. The van der Waals surface area contributed by atoms with Crippen LogP contribution >= 0.6 is 15.9 Å². The molecule has 0 aromatic heterocycles. The Bertz CT molecular complexity index is 663. The minimum absolute atomic E-state index is 0.162. The maximum absolute atomic E-state index is 12.3. The fraction of sp³-hybridized carbons (Fsp3) is 0.267. The molecule has 0 spiro atoms. The SMILES string of the molecule is O=C(c1ccc2cc(Br)ccc2c1)N1CC(O)C(O)C1. The fourth-order valence-electron chi connectivity index (χ4n) is 2.47. The minimum atomic E-state index is -0.852. The second kappa shape index (κ2) is 5.16. The number of aliphatic hydroxyl groups is 2. The first-order chi connectivity index (χ1) is 9.54. The molecule has 2 N–H and O–H groups in total. The summed E-state index contributed by atoms with van der Waals surface area (Å²) < 4.78 is 0.995. The Morgan fingerprint density at radius 2 is 1.65 bits per heavy atom. The number of likely N-dealkylation sites (tertiary alicyclic amines) is 1. The van der Waals surface area contributed by atoms with Crippen LogP contribution in [-0.4, -0.2) is 46.3 Å². The lowest BCUT2D eigenvalue weighted by Gasteiger charge is -2.15. The third kappa shape index (κ3) is 2.44. The standard InChI is InChI=1S/C15H14BrNO3/c16-12-4-3-9-5-11(2-1-10(9)6-12)15(20)17-7-13(18)14(19)8-17/h1-6,13-14,18-19H,7-8H2. The largest absolute Gasteiger partial charge is 0.388 e. The van der Waals surface area contributed by atoms with Crippen molar-refractivity contribution in [2.75, 3.05) is 13.1 Å². The molecule has 4 nitrogen and oxygen atoms in total. The lowest BCUT2D eigenvalue weighted by Crippen LogP contribution is -2.29. The van der Waals surface area contributed by atoms with Crippen LogP contribution in [0.1, 0.15) is 10.4 Å². The molecule has 0 radical (unpaired) electrons. The van der Waals surface area contributed by atoms with E-state index in [0.717, 1.165) is 15.2 Å². The molecule has 1 amide bonds. The first-order valence-corrected chi connectivity index (χ1v) is 7.18. The molecular formula is C15H14BrNO3. The van der Waals surface area contributed by atoms with E-state index in [0.29, 0.717) is 5.56 Å². The Morgan fingerprint density at radius 3 is 2.35 bits per heavy atom. The Labute approximate surface area is 124 Å². The number of aliphatic hydroxyl groups excluding tert-OH is 2. The van der Waals surface area contributed by atoms with Gasteiger partial charge in [0.05, 0.1) is 12.2 Å². The van der Waals surface area contributed by atoms with Gasteiger partial charge in [-0.05, 0) is 35.0 Å². The van der Waals surface area contributed by atoms with Gasteiger partial charge in [0.25, 0.3) is 5.91 Å². The van der Waals surface area contributed by atoms with Crippen LogP contribution in [-0.2, 0) is 0 Å². The second-order valence-electron chi connectivity index (χ2n) is 5.05. The summed E-state index contributed by atoms with van der Waals surface area (Å²) in [7, 11) is 0. The second-order valence-corrected chi connectivity index (χ2v) is 5.97. The zero-order chi connectivity index (χ0) is 14.3. The highest BCUT2D eigenvalue weighted by atomic mass is 79.9. The lowest BCUT2D eigenvalue weighted by molar-refractivity contribution is 0.0572. The number of fused-ring (bicyclic) bond motifs is 1. The van der Waals surface area contributed by atoms with E-state index >= 15 is 0 Å². The van der Waals surface area contributed by atoms with Crippen LogP contribution in [0.2, 0.25) is 0 Å². The molecule has 3 rings (SSSR count). The summed E-state index contributed by atoms with van der Waals surface area (Å²) in [5.74, 6) is -0.162. The number of nitrogens with zero attached hydrogens (tertiary/aromatic N) is 1. The lowest BCUT2D eigenvalue weighted by atomic mass is 10.1. The number of β-amino-alcohol motifs (C(OH)–C–C–N with tert-alkyl or cyclic N) is 2. The third-order valence-corrected chi connectivity index (χ3v) is 4.09. The van der Waals surface area contributed by atoms with E-state index in [9.17, 15) is 15.0 Å². The van der Waals surface area contributed by atoms with Crippen molar-refractivity contribution in [2.24, 2.45) is 0 Å². The zero-order valence-electron chi connectivity index (χ0n) is 10.7. The number of amides is 1. The highest BCUT2D eigenvalue weighted by Gasteiger charge is 2.32. The van der Waals surface area contributed by atoms with Crippen LogP contribution in [0.4, 0.5) is 0 Å². The Morgan fingerprint density at radius 1 is 1.05 bits per heavy atom. The predicted molar refractivity (Wildman–Crippen MR) is 79.6 cm³/mol. The molecule has 0 aliphatic carbocycles. The van der Waals surface area contributed by atoms with Gasteiger partial charge in [-0.1, -0.05) is 28.1 Å². The van der Waals surface area contributed by atoms with Gasteiger partial charge < -0.3 is 15.1 Å². The van der Waals surface area contributed by atoms with E-state index in [1.165, 1.54) is 4.90 Å².